The number of ether oxygens (including phenoxy) is 1. The number of hydrogen-bond donors (Lipinski definition) is 2. The predicted octanol–water partition coefficient (Wildman–Crippen LogP) is 0.714. The van der Waals surface area contributed by atoms with Gasteiger partial charge < -0.3 is 20.5 Å². The highest BCUT2D eigenvalue weighted by Crippen LogP contribution is 2.13. The second kappa shape index (κ2) is 6.98. The topological polar surface area (TPSA) is 75.8 Å². The summed E-state index contributed by atoms with van der Waals surface area (Å²) in [6.07, 6.45) is 0.0200. The maximum Gasteiger partial charge on any atom is 0.225 e. The van der Waals surface area contributed by atoms with Crippen molar-refractivity contribution < 1.29 is 14.6 Å². The molecular weight excluding hydrogens is 232 g/mol. The standard InChI is InChI=1S/C13H20N2O3/c1-15(13(17)7-12(8-14)18-2)9-10-4-3-5-11(16)6-10/h3-6,12,16H,7-9,14H2,1-2H3. The molecule has 0 aliphatic rings. The summed E-state index contributed by atoms with van der Waals surface area (Å²) in [7, 11) is 3.26. The third-order valence-electron chi connectivity index (χ3n) is 2.75. The van der Waals surface area contributed by atoms with Gasteiger partial charge in [0, 0.05) is 27.2 Å². The lowest BCUT2D eigenvalue weighted by Crippen LogP contribution is -2.33. The Hall–Kier alpha value is -1.59. The molecule has 0 aliphatic heterocycles. The van der Waals surface area contributed by atoms with Crippen molar-refractivity contribution in [2.24, 2.45) is 5.73 Å². The molecular formula is C13H20N2O3. The molecule has 0 radical (unpaired) electrons. The Morgan fingerprint density at radius 3 is 2.83 bits per heavy atom. The lowest BCUT2D eigenvalue weighted by molar-refractivity contribution is -0.132. The van der Waals surface area contributed by atoms with Crippen LogP contribution in [0, 0.1) is 0 Å². The van der Waals surface area contributed by atoms with Gasteiger partial charge in [-0.2, -0.15) is 0 Å². The van der Waals surface area contributed by atoms with E-state index in [1.54, 1.807) is 37.3 Å². The van der Waals surface area contributed by atoms with Gasteiger partial charge in [-0.05, 0) is 17.7 Å². The first-order chi connectivity index (χ1) is 8.56. The van der Waals surface area contributed by atoms with Crippen molar-refractivity contribution in [3.05, 3.63) is 29.8 Å². The fourth-order valence-corrected chi connectivity index (χ4v) is 1.63. The SMILES string of the molecule is COC(CN)CC(=O)N(C)Cc1cccc(O)c1. The van der Waals surface area contributed by atoms with Crippen molar-refractivity contribution in [1.82, 2.24) is 4.90 Å². The molecule has 0 heterocycles. The molecule has 1 unspecified atom stereocenters. The number of carbonyl (C=O) groups is 1. The second-order valence-electron chi connectivity index (χ2n) is 4.22. The minimum atomic E-state index is -0.246. The van der Waals surface area contributed by atoms with Crippen LogP contribution in [0.25, 0.3) is 0 Å². The van der Waals surface area contributed by atoms with Crippen LogP contribution in [0.1, 0.15) is 12.0 Å². The van der Waals surface area contributed by atoms with E-state index in [9.17, 15) is 9.90 Å². The molecule has 18 heavy (non-hydrogen) atoms. The normalized spacial score (nSPS) is 12.2. The number of amides is 1. The van der Waals surface area contributed by atoms with Crippen molar-refractivity contribution >= 4 is 5.91 Å². The van der Waals surface area contributed by atoms with Crippen LogP contribution < -0.4 is 5.73 Å². The van der Waals surface area contributed by atoms with Crippen LogP contribution in [-0.4, -0.2) is 42.7 Å². The Bertz CT molecular complexity index is 392. The van der Waals surface area contributed by atoms with Gasteiger partial charge in [0.2, 0.25) is 5.91 Å². The van der Waals surface area contributed by atoms with Gasteiger partial charge >= 0.3 is 0 Å². The van der Waals surface area contributed by atoms with Crippen LogP contribution >= 0.6 is 0 Å². The fourth-order valence-electron chi connectivity index (χ4n) is 1.63. The van der Waals surface area contributed by atoms with Gasteiger partial charge in [0.15, 0.2) is 0 Å². The molecule has 0 saturated carbocycles. The van der Waals surface area contributed by atoms with Crippen molar-refractivity contribution in [3.63, 3.8) is 0 Å². The highest BCUT2D eigenvalue weighted by molar-refractivity contribution is 5.76. The third-order valence-corrected chi connectivity index (χ3v) is 2.75. The Labute approximate surface area is 107 Å². The number of rotatable bonds is 6. The lowest BCUT2D eigenvalue weighted by atomic mass is 10.2. The molecule has 1 amide bonds. The first-order valence-electron chi connectivity index (χ1n) is 5.81. The molecule has 1 rings (SSSR count). The van der Waals surface area contributed by atoms with E-state index < -0.39 is 0 Å². The molecule has 3 N–H and O–H groups in total. The van der Waals surface area contributed by atoms with E-state index in [-0.39, 0.29) is 24.2 Å². The smallest absolute Gasteiger partial charge is 0.225 e. The number of aromatic hydroxyl groups is 1. The molecule has 0 spiro atoms. The maximum atomic E-state index is 11.9. The monoisotopic (exact) mass is 252 g/mol. The summed E-state index contributed by atoms with van der Waals surface area (Å²) in [5.41, 5.74) is 6.36. The van der Waals surface area contributed by atoms with Gasteiger partial charge in [0.25, 0.3) is 0 Å². The van der Waals surface area contributed by atoms with E-state index in [0.29, 0.717) is 13.1 Å². The zero-order valence-corrected chi connectivity index (χ0v) is 10.8. The summed E-state index contributed by atoms with van der Waals surface area (Å²) in [6, 6.07) is 6.85. The molecule has 5 heteroatoms. The lowest BCUT2D eigenvalue weighted by Gasteiger charge is -2.20. The van der Waals surface area contributed by atoms with Gasteiger partial charge in [-0.15, -0.1) is 0 Å². The van der Waals surface area contributed by atoms with E-state index in [2.05, 4.69) is 0 Å². The number of phenolic OH excluding ortho intramolecular Hbond substituents is 1. The number of hydrogen-bond acceptors (Lipinski definition) is 4. The van der Waals surface area contributed by atoms with E-state index in [4.69, 9.17) is 10.5 Å². The average Bonchev–Trinajstić information content (AvgIpc) is 2.35. The predicted molar refractivity (Wildman–Crippen MR) is 69.0 cm³/mol. The molecule has 0 aliphatic carbocycles. The van der Waals surface area contributed by atoms with Crippen LogP contribution in [0.2, 0.25) is 0 Å². The highest BCUT2D eigenvalue weighted by Gasteiger charge is 2.15. The Kier molecular flexibility index (Phi) is 5.61. The van der Waals surface area contributed by atoms with Crippen LogP contribution in [0.15, 0.2) is 24.3 Å². The summed E-state index contributed by atoms with van der Waals surface area (Å²) in [6.45, 7) is 0.774. The number of nitrogens with two attached hydrogens (primary N) is 1. The fraction of sp³-hybridized carbons (Fsp3) is 0.462. The summed E-state index contributed by atoms with van der Waals surface area (Å²) in [4.78, 5) is 13.5. The van der Waals surface area contributed by atoms with E-state index in [0.717, 1.165) is 5.56 Å². The molecule has 0 fully saturated rings. The first-order valence-corrected chi connectivity index (χ1v) is 5.81. The highest BCUT2D eigenvalue weighted by atomic mass is 16.5. The summed E-state index contributed by atoms with van der Waals surface area (Å²) in [5, 5.41) is 9.35. The maximum absolute atomic E-state index is 11.9. The zero-order valence-electron chi connectivity index (χ0n) is 10.8. The second-order valence-corrected chi connectivity index (χ2v) is 4.22. The van der Waals surface area contributed by atoms with Crippen LogP contribution in [0.5, 0.6) is 5.75 Å². The zero-order chi connectivity index (χ0) is 13.5. The van der Waals surface area contributed by atoms with Gasteiger partial charge in [-0.25, -0.2) is 0 Å². The van der Waals surface area contributed by atoms with Crippen LogP contribution in [-0.2, 0) is 16.1 Å². The Morgan fingerprint density at radius 2 is 2.28 bits per heavy atom. The van der Waals surface area contributed by atoms with Crippen molar-refractivity contribution in [1.29, 1.82) is 0 Å². The van der Waals surface area contributed by atoms with Gasteiger partial charge in [0.1, 0.15) is 5.75 Å². The number of methoxy groups -OCH3 is 1. The van der Waals surface area contributed by atoms with E-state index in [1.165, 1.54) is 0 Å². The number of phenols is 1. The number of carbonyl (C=O) groups excluding carboxylic acids is 1. The molecule has 1 atom stereocenters. The van der Waals surface area contributed by atoms with Crippen LogP contribution in [0.3, 0.4) is 0 Å². The average molecular weight is 252 g/mol. The van der Waals surface area contributed by atoms with Crippen LogP contribution in [0.4, 0.5) is 0 Å². The summed E-state index contributed by atoms with van der Waals surface area (Å²) < 4.78 is 5.08. The molecule has 0 aromatic heterocycles. The first kappa shape index (κ1) is 14.5. The minimum absolute atomic E-state index is 0.0318. The van der Waals surface area contributed by atoms with Crippen molar-refractivity contribution in [2.45, 2.75) is 19.1 Å². The molecule has 1 aromatic rings. The van der Waals surface area contributed by atoms with Gasteiger partial charge in [-0.3, -0.25) is 4.79 Å². The largest absolute Gasteiger partial charge is 0.508 e. The van der Waals surface area contributed by atoms with Crippen molar-refractivity contribution in [3.8, 4) is 5.75 Å². The Balaban J connectivity index is 2.54. The van der Waals surface area contributed by atoms with E-state index >= 15 is 0 Å². The molecule has 1 aromatic carbocycles. The Morgan fingerprint density at radius 1 is 1.56 bits per heavy atom. The van der Waals surface area contributed by atoms with Crippen molar-refractivity contribution in [2.75, 3.05) is 20.7 Å². The molecule has 0 saturated heterocycles. The minimum Gasteiger partial charge on any atom is -0.508 e. The number of nitrogens with zero attached hydrogens (tertiary/aromatic N) is 1. The molecule has 0 bridgehead atoms. The summed E-state index contributed by atoms with van der Waals surface area (Å²) in [5.74, 6) is 0.167. The van der Waals surface area contributed by atoms with E-state index in [1.807, 2.05) is 6.07 Å². The third kappa shape index (κ3) is 4.35. The molecule has 100 valence electrons. The summed E-state index contributed by atoms with van der Waals surface area (Å²) >= 11 is 0. The van der Waals surface area contributed by atoms with Gasteiger partial charge in [0.05, 0.1) is 12.5 Å². The van der Waals surface area contributed by atoms with Gasteiger partial charge in [-0.1, -0.05) is 12.1 Å². The number of benzene rings is 1. The quantitative estimate of drug-likeness (QED) is 0.782. The molecule has 5 nitrogen and oxygen atoms in total.